The van der Waals surface area contributed by atoms with Crippen LogP contribution in [0.2, 0.25) is 0 Å². The number of aromatic nitrogens is 1. The van der Waals surface area contributed by atoms with Crippen LogP contribution < -0.4 is 0 Å². The molecule has 1 aromatic rings. The average molecular weight is 287 g/mol. The zero-order chi connectivity index (χ0) is 14.8. The number of hydrogen-bond acceptors (Lipinski definition) is 3. The highest BCUT2D eigenvalue weighted by Gasteiger charge is 2.69. The van der Waals surface area contributed by atoms with Gasteiger partial charge in [-0.3, -0.25) is 4.98 Å². The van der Waals surface area contributed by atoms with Crippen LogP contribution in [-0.2, 0) is 4.74 Å². The Balaban J connectivity index is 1.58. The number of pyridine rings is 1. The van der Waals surface area contributed by atoms with E-state index in [1.54, 1.807) is 6.20 Å². The van der Waals surface area contributed by atoms with Gasteiger partial charge in [0.05, 0.1) is 17.9 Å². The number of aliphatic hydroxyl groups is 1. The van der Waals surface area contributed by atoms with Gasteiger partial charge in [0.2, 0.25) is 0 Å². The molecule has 3 nitrogen and oxygen atoms in total. The summed E-state index contributed by atoms with van der Waals surface area (Å²) in [7, 11) is 0. The van der Waals surface area contributed by atoms with E-state index < -0.39 is 6.10 Å². The normalized spacial score (nSPS) is 44.8. The van der Waals surface area contributed by atoms with Crippen molar-refractivity contribution < 1.29 is 9.84 Å². The van der Waals surface area contributed by atoms with Crippen LogP contribution in [0.1, 0.15) is 51.8 Å². The molecule has 3 fully saturated rings. The van der Waals surface area contributed by atoms with Crippen LogP contribution in [0.15, 0.2) is 24.4 Å². The van der Waals surface area contributed by atoms with E-state index in [0.29, 0.717) is 17.4 Å². The molecule has 3 aliphatic rings. The summed E-state index contributed by atoms with van der Waals surface area (Å²) in [6.45, 7) is 7.22. The third kappa shape index (κ3) is 1.65. The summed E-state index contributed by atoms with van der Waals surface area (Å²) in [4.78, 5) is 4.29. The lowest BCUT2D eigenvalue weighted by molar-refractivity contribution is -0.0927. The Labute approximate surface area is 126 Å². The number of ether oxygens (including phenoxy) is 1. The van der Waals surface area contributed by atoms with Gasteiger partial charge in [-0.25, -0.2) is 0 Å². The maximum atomic E-state index is 10.6. The highest BCUT2D eigenvalue weighted by molar-refractivity contribution is 5.18. The minimum atomic E-state index is -0.595. The van der Waals surface area contributed by atoms with Crippen LogP contribution in [0.4, 0.5) is 0 Å². The second kappa shape index (κ2) is 4.30. The highest BCUT2D eigenvalue weighted by Crippen LogP contribution is 2.71. The molecule has 0 amide bonds. The first-order chi connectivity index (χ1) is 9.95. The maximum Gasteiger partial charge on any atom is 0.122 e. The van der Waals surface area contributed by atoms with Gasteiger partial charge in [0.15, 0.2) is 0 Å². The Morgan fingerprint density at radius 3 is 2.81 bits per heavy atom. The van der Waals surface area contributed by atoms with Crippen LogP contribution >= 0.6 is 0 Å². The lowest BCUT2D eigenvalue weighted by Gasteiger charge is -2.39. The molecule has 0 unspecified atom stereocenters. The minimum Gasteiger partial charge on any atom is -0.384 e. The first-order valence-corrected chi connectivity index (χ1v) is 8.19. The molecule has 2 aliphatic carbocycles. The number of rotatable bonds is 2. The molecule has 1 aromatic heterocycles. The van der Waals surface area contributed by atoms with Crippen LogP contribution in [0.3, 0.4) is 0 Å². The molecule has 1 aliphatic heterocycles. The second-order valence-corrected chi connectivity index (χ2v) is 7.98. The fourth-order valence-electron chi connectivity index (χ4n) is 5.50. The van der Waals surface area contributed by atoms with E-state index in [2.05, 4.69) is 25.8 Å². The molecule has 0 aromatic carbocycles. The molecule has 1 saturated heterocycles. The molecule has 0 radical (unpaired) electrons. The molecular formula is C18H25NO2. The summed E-state index contributed by atoms with van der Waals surface area (Å²) in [6.07, 6.45) is 4.93. The fourth-order valence-corrected chi connectivity index (χ4v) is 5.50. The van der Waals surface area contributed by atoms with E-state index >= 15 is 0 Å². The Hall–Kier alpha value is -0.930. The first-order valence-electron chi connectivity index (χ1n) is 8.19. The number of fused-ring (bicyclic) bond motifs is 5. The molecule has 4 rings (SSSR count). The van der Waals surface area contributed by atoms with Crippen molar-refractivity contribution in [3.63, 3.8) is 0 Å². The Bertz CT molecular complexity index is 543. The first kappa shape index (κ1) is 13.7. The average Bonchev–Trinajstić information content (AvgIpc) is 3.05. The topological polar surface area (TPSA) is 42.4 Å². The smallest absolute Gasteiger partial charge is 0.122 e. The Kier molecular flexibility index (Phi) is 2.81. The van der Waals surface area contributed by atoms with Crippen molar-refractivity contribution in [2.45, 2.75) is 58.3 Å². The maximum absolute atomic E-state index is 10.6. The van der Waals surface area contributed by atoms with Crippen molar-refractivity contribution in [3.05, 3.63) is 30.1 Å². The van der Waals surface area contributed by atoms with Gasteiger partial charge < -0.3 is 9.84 Å². The summed E-state index contributed by atoms with van der Waals surface area (Å²) < 4.78 is 6.38. The van der Waals surface area contributed by atoms with E-state index in [1.807, 2.05) is 18.2 Å². The zero-order valence-corrected chi connectivity index (χ0v) is 13.1. The van der Waals surface area contributed by atoms with Crippen molar-refractivity contribution in [1.29, 1.82) is 0 Å². The van der Waals surface area contributed by atoms with Gasteiger partial charge in [-0.05, 0) is 54.1 Å². The van der Waals surface area contributed by atoms with Gasteiger partial charge in [-0.1, -0.05) is 26.8 Å². The molecular weight excluding hydrogens is 262 g/mol. The summed E-state index contributed by atoms with van der Waals surface area (Å²) in [6, 6.07) is 5.70. The van der Waals surface area contributed by atoms with Crippen LogP contribution in [0.25, 0.3) is 0 Å². The monoisotopic (exact) mass is 287 g/mol. The molecule has 1 N–H and O–H groups in total. The summed E-state index contributed by atoms with van der Waals surface area (Å²) in [5, 5.41) is 10.6. The standard InChI is InChI=1S/C18H25NO2/c1-17(2)12-7-8-18(17,3)16-11(12)10-14(21-16)15(20)13-6-4-5-9-19-13/h4-6,9,11-12,14-16,20H,7-8,10H2,1-3H3/t11-,12-,14-,15+,16-,18+/m1/s1. The zero-order valence-electron chi connectivity index (χ0n) is 13.1. The lowest BCUT2D eigenvalue weighted by Crippen LogP contribution is -2.38. The van der Waals surface area contributed by atoms with Crippen LogP contribution in [0, 0.1) is 22.7 Å². The van der Waals surface area contributed by atoms with Crippen molar-refractivity contribution in [2.24, 2.45) is 22.7 Å². The molecule has 0 spiro atoms. The fraction of sp³-hybridized carbons (Fsp3) is 0.722. The van der Waals surface area contributed by atoms with Crippen molar-refractivity contribution in [3.8, 4) is 0 Å². The van der Waals surface area contributed by atoms with Crippen LogP contribution in [0.5, 0.6) is 0 Å². The van der Waals surface area contributed by atoms with Gasteiger partial charge in [-0.15, -0.1) is 0 Å². The van der Waals surface area contributed by atoms with E-state index in [4.69, 9.17) is 4.74 Å². The lowest BCUT2D eigenvalue weighted by atomic mass is 9.70. The predicted molar refractivity (Wildman–Crippen MR) is 80.6 cm³/mol. The summed E-state index contributed by atoms with van der Waals surface area (Å²) >= 11 is 0. The molecule has 2 saturated carbocycles. The summed E-state index contributed by atoms with van der Waals surface area (Å²) in [5.74, 6) is 1.36. The van der Waals surface area contributed by atoms with Crippen molar-refractivity contribution >= 4 is 0 Å². The van der Waals surface area contributed by atoms with E-state index in [-0.39, 0.29) is 11.5 Å². The molecule has 2 heterocycles. The third-order valence-electron chi connectivity index (χ3n) is 7.08. The Morgan fingerprint density at radius 1 is 1.33 bits per heavy atom. The molecule has 3 heteroatoms. The van der Waals surface area contributed by atoms with E-state index in [0.717, 1.165) is 18.0 Å². The van der Waals surface area contributed by atoms with Crippen molar-refractivity contribution in [2.75, 3.05) is 0 Å². The Morgan fingerprint density at radius 2 is 2.14 bits per heavy atom. The third-order valence-corrected chi connectivity index (χ3v) is 7.08. The van der Waals surface area contributed by atoms with Gasteiger partial charge >= 0.3 is 0 Å². The van der Waals surface area contributed by atoms with E-state index in [9.17, 15) is 5.11 Å². The highest BCUT2D eigenvalue weighted by atomic mass is 16.5. The van der Waals surface area contributed by atoms with Gasteiger partial charge in [0.25, 0.3) is 0 Å². The predicted octanol–water partition coefficient (Wildman–Crippen LogP) is 3.34. The molecule has 114 valence electrons. The van der Waals surface area contributed by atoms with Gasteiger partial charge in [0.1, 0.15) is 6.10 Å². The number of hydrogen-bond donors (Lipinski definition) is 1. The number of nitrogens with zero attached hydrogens (tertiary/aromatic N) is 1. The van der Waals surface area contributed by atoms with E-state index in [1.165, 1.54) is 12.8 Å². The summed E-state index contributed by atoms with van der Waals surface area (Å²) in [5.41, 5.74) is 1.36. The van der Waals surface area contributed by atoms with Crippen LogP contribution in [-0.4, -0.2) is 22.3 Å². The molecule has 2 bridgehead atoms. The number of aliphatic hydroxyl groups excluding tert-OH is 1. The molecule has 21 heavy (non-hydrogen) atoms. The quantitative estimate of drug-likeness (QED) is 0.907. The SMILES string of the molecule is CC1(C)[C@@H]2CC[C@@]1(C)[C@@H]1O[C@@H]([C@@H](O)c3ccccn3)C[C@H]21. The van der Waals surface area contributed by atoms with Gasteiger partial charge in [-0.2, -0.15) is 0 Å². The second-order valence-electron chi connectivity index (χ2n) is 7.98. The van der Waals surface area contributed by atoms with Crippen molar-refractivity contribution in [1.82, 2.24) is 4.98 Å². The molecule has 6 atom stereocenters. The largest absolute Gasteiger partial charge is 0.384 e. The minimum absolute atomic E-state index is 0.0917. The van der Waals surface area contributed by atoms with Gasteiger partial charge in [0, 0.05) is 6.20 Å².